The van der Waals surface area contributed by atoms with Crippen LogP contribution in [0.4, 0.5) is 15.8 Å². The predicted molar refractivity (Wildman–Crippen MR) is 63.2 cm³/mol. The number of rotatable bonds is 2. The zero-order chi connectivity index (χ0) is 11.7. The number of benzene rings is 1. The lowest BCUT2D eigenvalue weighted by Crippen LogP contribution is -2.21. The third kappa shape index (κ3) is 2.08. The molecule has 1 aliphatic rings. The molecule has 1 aliphatic heterocycles. The van der Waals surface area contributed by atoms with Crippen molar-refractivity contribution in [2.75, 3.05) is 30.3 Å². The van der Waals surface area contributed by atoms with Gasteiger partial charge >= 0.3 is 0 Å². The molecule has 3 N–H and O–H groups in total. The Morgan fingerprint density at radius 1 is 1.56 bits per heavy atom. The van der Waals surface area contributed by atoms with Gasteiger partial charge in [0.2, 0.25) is 0 Å². The maximum absolute atomic E-state index is 13.1. The Balaban J connectivity index is 2.24. The van der Waals surface area contributed by atoms with E-state index in [-0.39, 0.29) is 17.5 Å². The smallest absolute Gasteiger partial charge is 0.143 e. The summed E-state index contributed by atoms with van der Waals surface area (Å²) in [6, 6.07) is 2.79. The number of aliphatic hydroxyl groups excluding tert-OH is 1. The number of nitrogen functional groups attached to an aromatic ring is 1. The first kappa shape index (κ1) is 11.5. The summed E-state index contributed by atoms with van der Waals surface area (Å²) in [4.78, 5) is 2.03. The van der Waals surface area contributed by atoms with Gasteiger partial charge in [0.1, 0.15) is 5.82 Å². The molecule has 1 aromatic rings. The molecule has 1 fully saturated rings. The Labute approximate surface area is 98.6 Å². The quantitative estimate of drug-likeness (QED) is 0.781. The van der Waals surface area contributed by atoms with Crippen molar-refractivity contribution in [2.24, 2.45) is 5.92 Å². The van der Waals surface area contributed by atoms with Gasteiger partial charge in [0, 0.05) is 31.7 Å². The summed E-state index contributed by atoms with van der Waals surface area (Å²) < 4.78 is 13.1. The lowest BCUT2D eigenvalue weighted by atomic mass is 10.1. The average molecular weight is 245 g/mol. The van der Waals surface area contributed by atoms with Crippen molar-refractivity contribution in [3.63, 3.8) is 0 Å². The van der Waals surface area contributed by atoms with Gasteiger partial charge in [-0.2, -0.15) is 0 Å². The van der Waals surface area contributed by atoms with Gasteiger partial charge in [-0.25, -0.2) is 4.39 Å². The predicted octanol–water partition coefficient (Wildman–Crippen LogP) is 1.88. The topological polar surface area (TPSA) is 49.5 Å². The number of hydrogen-bond donors (Lipinski definition) is 2. The number of anilines is 2. The van der Waals surface area contributed by atoms with E-state index < -0.39 is 5.82 Å². The third-order valence-corrected chi connectivity index (χ3v) is 3.24. The number of hydrogen-bond acceptors (Lipinski definition) is 3. The summed E-state index contributed by atoms with van der Waals surface area (Å²) in [6.07, 6.45) is 0.922. The van der Waals surface area contributed by atoms with Crippen molar-refractivity contribution in [1.82, 2.24) is 0 Å². The molecule has 2 rings (SSSR count). The van der Waals surface area contributed by atoms with Crippen molar-refractivity contribution in [3.8, 4) is 0 Å². The van der Waals surface area contributed by atoms with E-state index in [0.717, 1.165) is 25.2 Å². The van der Waals surface area contributed by atoms with E-state index in [4.69, 9.17) is 22.4 Å². The Bertz CT molecular complexity index is 400. The van der Waals surface area contributed by atoms with Crippen LogP contribution in [0.15, 0.2) is 12.1 Å². The molecule has 0 aliphatic carbocycles. The molecule has 1 saturated heterocycles. The number of aliphatic hydroxyl groups is 1. The van der Waals surface area contributed by atoms with E-state index in [1.54, 1.807) is 6.07 Å². The molecule has 3 nitrogen and oxygen atoms in total. The summed E-state index contributed by atoms with van der Waals surface area (Å²) >= 11 is 5.73. The highest BCUT2D eigenvalue weighted by molar-refractivity contribution is 6.31. The molecule has 0 saturated carbocycles. The van der Waals surface area contributed by atoms with Crippen molar-refractivity contribution in [1.29, 1.82) is 0 Å². The van der Waals surface area contributed by atoms with Crippen molar-refractivity contribution < 1.29 is 9.50 Å². The van der Waals surface area contributed by atoms with Crippen LogP contribution in [0.2, 0.25) is 5.02 Å². The van der Waals surface area contributed by atoms with Crippen LogP contribution in [-0.4, -0.2) is 24.8 Å². The van der Waals surface area contributed by atoms with Gasteiger partial charge in [0.05, 0.1) is 16.4 Å². The van der Waals surface area contributed by atoms with Gasteiger partial charge in [0.25, 0.3) is 0 Å². The molecule has 0 amide bonds. The zero-order valence-corrected chi connectivity index (χ0v) is 9.54. The zero-order valence-electron chi connectivity index (χ0n) is 8.79. The highest BCUT2D eigenvalue weighted by Crippen LogP contribution is 2.32. The summed E-state index contributed by atoms with van der Waals surface area (Å²) in [5, 5.41) is 9.13. The summed E-state index contributed by atoms with van der Waals surface area (Å²) in [5.74, 6) is -0.232. The second kappa shape index (κ2) is 4.47. The first-order valence-corrected chi connectivity index (χ1v) is 5.60. The summed E-state index contributed by atoms with van der Waals surface area (Å²) in [6.45, 7) is 1.73. The second-order valence-electron chi connectivity index (χ2n) is 4.11. The lowest BCUT2D eigenvalue weighted by molar-refractivity contribution is 0.238. The van der Waals surface area contributed by atoms with Crippen molar-refractivity contribution in [3.05, 3.63) is 23.0 Å². The molecular formula is C11H14ClFN2O. The van der Waals surface area contributed by atoms with E-state index in [2.05, 4.69) is 0 Å². The minimum absolute atomic E-state index is 0.0802. The highest BCUT2D eigenvalue weighted by Gasteiger charge is 2.23. The fraction of sp³-hybridized carbons (Fsp3) is 0.455. The van der Waals surface area contributed by atoms with Gasteiger partial charge in [-0.1, -0.05) is 11.6 Å². The molecule has 0 radical (unpaired) electrons. The minimum atomic E-state index is -0.499. The van der Waals surface area contributed by atoms with E-state index in [0.29, 0.717) is 5.69 Å². The average Bonchev–Trinajstić information content (AvgIpc) is 2.71. The van der Waals surface area contributed by atoms with E-state index in [1.165, 1.54) is 6.07 Å². The largest absolute Gasteiger partial charge is 0.397 e. The van der Waals surface area contributed by atoms with Crippen LogP contribution < -0.4 is 10.6 Å². The normalized spacial score (nSPS) is 20.4. The Morgan fingerprint density at radius 3 is 2.94 bits per heavy atom. The Morgan fingerprint density at radius 2 is 2.31 bits per heavy atom. The fourth-order valence-electron chi connectivity index (χ4n) is 2.03. The van der Waals surface area contributed by atoms with Crippen molar-refractivity contribution >= 4 is 23.0 Å². The molecule has 1 heterocycles. The number of nitrogens with two attached hydrogens (primary N) is 1. The van der Waals surface area contributed by atoms with Crippen LogP contribution in [-0.2, 0) is 0 Å². The standard InChI is InChI=1S/C11H14ClFN2O/c12-8-3-11(10(14)4-9(8)13)15-2-1-7(5-15)6-16/h3-4,7,16H,1-2,5-6,14H2. The Hall–Kier alpha value is -1.00. The maximum atomic E-state index is 13.1. The van der Waals surface area contributed by atoms with Crippen LogP contribution in [0.25, 0.3) is 0 Å². The summed E-state index contributed by atoms with van der Waals surface area (Å²) in [7, 11) is 0. The maximum Gasteiger partial charge on any atom is 0.143 e. The molecule has 16 heavy (non-hydrogen) atoms. The number of halogens is 2. The minimum Gasteiger partial charge on any atom is -0.397 e. The SMILES string of the molecule is Nc1cc(F)c(Cl)cc1N1CCC(CO)C1. The molecule has 1 atom stereocenters. The fourth-order valence-corrected chi connectivity index (χ4v) is 2.18. The van der Waals surface area contributed by atoms with Crippen molar-refractivity contribution in [2.45, 2.75) is 6.42 Å². The van der Waals surface area contributed by atoms with Crippen LogP contribution in [0.1, 0.15) is 6.42 Å². The molecule has 5 heteroatoms. The van der Waals surface area contributed by atoms with Gasteiger partial charge in [-0.05, 0) is 12.5 Å². The third-order valence-electron chi connectivity index (χ3n) is 2.95. The molecule has 0 spiro atoms. The Kier molecular flexibility index (Phi) is 3.21. The highest BCUT2D eigenvalue weighted by atomic mass is 35.5. The van der Waals surface area contributed by atoms with Crippen LogP contribution in [0.3, 0.4) is 0 Å². The molecule has 1 aromatic carbocycles. The molecule has 0 bridgehead atoms. The molecule has 0 aromatic heterocycles. The van der Waals surface area contributed by atoms with Gasteiger partial charge < -0.3 is 15.7 Å². The van der Waals surface area contributed by atoms with E-state index >= 15 is 0 Å². The number of nitrogens with zero attached hydrogens (tertiary/aromatic N) is 1. The van der Waals surface area contributed by atoms with Gasteiger partial charge in [-0.3, -0.25) is 0 Å². The first-order chi connectivity index (χ1) is 7.61. The second-order valence-corrected chi connectivity index (χ2v) is 4.52. The first-order valence-electron chi connectivity index (χ1n) is 5.22. The van der Waals surface area contributed by atoms with Crippen LogP contribution in [0.5, 0.6) is 0 Å². The monoisotopic (exact) mass is 244 g/mol. The molecule has 88 valence electrons. The molecule has 1 unspecified atom stereocenters. The van der Waals surface area contributed by atoms with Crippen LogP contribution in [0, 0.1) is 11.7 Å². The lowest BCUT2D eigenvalue weighted by Gasteiger charge is -2.20. The summed E-state index contributed by atoms with van der Waals surface area (Å²) in [5.41, 5.74) is 6.90. The van der Waals surface area contributed by atoms with Gasteiger partial charge in [0.15, 0.2) is 0 Å². The van der Waals surface area contributed by atoms with Gasteiger partial charge in [-0.15, -0.1) is 0 Å². The van der Waals surface area contributed by atoms with E-state index in [9.17, 15) is 4.39 Å². The van der Waals surface area contributed by atoms with Crippen LogP contribution >= 0.6 is 11.6 Å². The molecular weight excluding hydrogens is 231 g/mol. The van der Waals surface area contributed by atoms with E-state index in [1.807, 2.05) is 4.90 Å².